The topological polar surface area (TPSA) is 66.4 Å². The molecule has 0 aromatic heterocycles. The zero-order valence-electron chi connectivity index (χ0n) is 13.0. The van der Waals surface area contributed by atoms with Crippen LogP contribution in [0, 0.1) is 11.8 Å². The van der Waals surface area contributed by atoms with Crippen LogP contribution >= 0.6 is 0 Å². The molecule has 0 radical (unpaired) electrons. The van der Waals surface area contributed by atoms with E-state index in [1.807, 2.05) is 39.8 Å². The first kappa shape index (κ1) is 17.0. The first-order valence-electron chi connectivity index (χ1n) is 7.20. The lowest BCUT2D eigenvalue weighted by Gasteiger charge is -2.17. The summed E-state index contributed by atoms with van der Waals surface area (Å²) in [5.74, 6) is -0.737. The van der Waals surface area contributed by atoms with Crippen molar-refractivity contribution in [3.05, 3.63) is 35.4 Å². The number of carbonyl (C=O) groups excluding carboxylic acids is 1. The van der Waals surface area contributed by atoms with E-state index in [0.29, 0.717) is 0 Å². The fraction of sp³-hybridized carbons (Fsp3) is 0.412. The van der Waals surface area contributed by atoms with Crippen molar-refractivity contribution in [2.75, 3.05) is 5.32 Å². The van der Waals surface area contributed by atoms with Gasteiger partial charge in [-0.3, -0.25) is 4.79 Å². The predicted octanol–water partition coefficient (Wildman–Crippen LogP) is 3.58. The van der Waals surface area contributed by atoms with Crippen LogP contribution in [-0.2, 0) is 16.0 Å². The van der Waals surface area contributed by atoms with Gasteiger partial charge < -0.3 is 10.4 Å². The van der Waals surface area contributed by atoms with Crippen molar-refractivity contribution < 1.29 is 14.7 Å². The van der Waals surface area contributed by atoms with Gasteiger partial charge in [0.2, 0.25) is 5.91 Å². The van der Waals surface area contributed by atoms with Crippen LogP contribution < -0.4 is 5.32 Å². The maximum absolute atomic E-state index is 12.1. The molecule has 0 fully saturated rings. The Kier molecular flexibility index (Phi) is 6.15. The number of amides is 1. The van der Waals surface area contributed by atoms with Gasteiger partial charge in [0.1, 0.15) is 0 Å². The Morgan fingerprint density at radius 3 is 2.48 bits per heavy atom. The Labute approximate surface area is 125 Å². The number of carboxylic acid groups (broad SMARTS) is 1. The summed E-state index contributed by atoms with van der Waals surface area (Å²) in [5, 5.41) is 11.6. The molecule has 1 rings (SSSR count). The van der Waals surface area contributed by atoms with E-state index in [9.17, 15) is 9.59 Å². The van der Waals surface area contributed by atoms with Crippen molar-refractivity contribution in [3.63, 3.8) is 0 Å². The van der Waals surface area contributed by atoms with Gasteiger partial charge in [-0.15, -0.1) is 0 Å². The van der Waals surface area contributed by atoms with E-state index in [1.54, 1.807) is 12.1 Å². The molecule has 4 nitrogen and oxygen atoms in total. The monoisotopic (exact) mass is 289 g/mol. The summed E-state index contributed by atoms with van der Waals surface area (Å²) in [6.45, 7) is 7.95. The average molecular weight is 289 g/mol. The van der Waals surface area contributed by atoms with Gasteiger partial charge in [-0.25, -0.2) is 4.79 Å². The van der Waals surface area contributed by atoms with Crippen LogP contribution in [0.3, 0.4) is 0 Å². The van der Waals surface area contributed by atoms with Crippen LogP contribution in [0.4, 0.5) is 5.69 Å². The number of nitrogens with one attached hydrogen (secondary N) is 1. The Morgan fingerprint density at radius 2 is 1.95 bits per heavy atom. The molecule has 0 aliphatic carbocycles. The Morgan fingerprint density at radius 1 is 1.29 bits per heavy atom. The van der Waals surface area contributed by atoms with Gasteiger partial charge in [-0.05, 0) is 41.7 Å². The Bertz CT molecular complexity index is 547. The van der Waals surface area contributed by atoms with Gasteiger partial charge in [0.25, 0.3) is 0 Å². The zero-order valence-corrected chi connectivity index (χ0v) is 13.0. The number of carboxylic acids is 1. The number of hydrogen-bond acceptors (Lipinski definition) is 2. The van der Waals surface area contributed by atoms with Crippen LogP contribution in [0.5, 0.6) is 0 Å². The minimum atomic E-state index is -0.976. The van der Waals surface area contributed by atoms with Crippen molar-refractivity contribution in [1.29, 1.82) is 0 Å². The SMILES string of the molecule is CCc1cc(/C=C/C(=O)O)ccc1NC(=O)C(C)C(C)C. The summed E-state index contributed by atoms with van der Waals surface area (Å²) in [5.41, 5.74) is 2.60. The Hall–Kier alpha value is -2.10. The van der Waals surface area contributed by atoms with E-state index in [0.717, 1.165) is 29.3 Å². The van der Waals surface area contributed by atoms with Crippen molar-refractivity contribution >= 4 is 23.6 Å². The molecule has 0 saturated heterocycles. The minimum absolute atomic E-state index is 0.00790. The standard InChI is InChI=1S/C17H23NO3/c1-5-14-10-13(7-9-16(19)20)6-8-15(14)18-17(21)12(4)11(2)3/h6-12H,5H2,1-4H3,(H,18,21)(H,19,20)/b9-7+. The maximum Gasteiger partial charge on any atom is 0.328 e. The predicted molar refractivity (Wildman–Crippen MR) is 85.1 cm³/mol. The van der Waals surface area contributed by atoms with Crippen molar-refractivity contribution in [1.82, 2.24) is 0 Å². The summed E-state index contributed by atoms with van der Waals surface area (Å²) in [7, 11) is 0. The molecule has 0 aliphatic rings. The molecule has 1 atom stereocenters. The van der Waals surface area contributed by atoms with E-state index in [2.05, 4.69) is 5.32 Å². The molecule has 0 spiro atoms. The largest absolute Gasteiger partial charge is 0.478 e. The van der Waals surface area contributed by atoms with Crippen LogP contribution in [0.1, 0.15) is 38.8 Å². The van der Waals surface area contributed by atoms with Gasteiger partial charge in [0, 0.05) is 17.7 Å². The van der Waals surface area contributed by atoms with Crippen LogP contribution in [0.25, 0.3) is 6.08 Å². The van der Waals surface area contributed by atoms with E-state index >= 15 is 0 Å². The second kappa shape index (κ2) is 7.62. The lowest BCUT2D eigenvalue weighted by atomic mass is 9.97. The summed E-state index contributed by atoms with van der Waals surface area (Å²) in [6, 6.07) is 5.52. The third kappa shape index (κ3) is 5.06. The van der Waals surface area contributed by atoms with E-state index < -0.39 is 5.97 Å². The summed E-state index contributed by atoms with van der Waals surface area (Å²) in [6.07, 6.45) is 3.41. The smallest absolute Gasteiger partial charge is 0.328 e. The normalized spacial score (nSPS) is 12.6. The number of aliphatic carboxylic acids is 1. The molecule has 114 valence electrons. The van der Waals surface area contributed by atoms with Gasteiger partial charge in [0.05, 0.1) is 0 Å². The summed E-state index contributed by atoms with van der Waals surface area (Å²) < 4.78 is 0. The van der Waals surface area contributed by atoms with E-state index in [4.69, 9.17) is 5.11 Å². The molecule has 0 saturated carbocycles. The molecule has 1 aromatic carbocycles. The number of aryl methyl sites for hydroxylation is 1. The van der Waals surface area contributed by atoms with Crippen molar-refractivity contribution in [2.24, 2.45) is 11.8 Å². The molecular weight excluding hydrogens is 266 g/mol. The van der Waals surface area contributed by atoms with Gasteiger partial charge in [-0.1, -0.05) is 33.8 Å². The molecule has 1 unspecified atom stereocenters. The number of benzene rings is 1. The molecule has 2 N–H and O–H groups in total. The molecule has 21 heavy (non-hydrogen) atoms. The third-order valence-corrected chi connectivity index (χ3v) is 3.60. The summed E-state index contributed by atoms with van der Waals surface area (Å²) >= 11 is 0. The molecule has 4 heteroatoms. The first-order chi connectivity index (χ1) is 9.85. The quantitative estimate of drug-likeness (QED) is 0.787. The second-order valence-corrected chi connectivity index (χ2v) is 5.46. The Balaban J connectivity index is 2.94. The van der Waals surface area contributed by atoms with Crippen LogP contribution in [0.15, 0.2) is 24.3 Å². The maximum atomic E-state index is 12.1. The number of anilines is 1. The zero-order chi connectivity index (χ0) is 16.0. The number of carbonyl (C=O) groups is 2. The average Bonchev–Trinajstić information content (AvgIpc) is 2.44. The highest BCUT2D eigenvalue weighted by molar-refractivity contribution is 5.93. The van der Waals surface area contributed by atoms with E-state index in [1.165, 1.54) is 0 Å². The second-order valence-electron chi connectivity index (χ2n) is 5.46. The van der Waals surface area contributed by atoms with Gasteiger partial charge >= 0.3 is 5.97 Å². The number of hydrogen-bond donors (Lipinski definition) is 2. The minimum Gasteiger partial charge on any atom is -0.478 e. The van der Waals surface area contributed by atoms with Crippen molar-refractivity contribution in [3.8, 4) is 0 Å². The van der Waals surface area contributed by atoms with Gasteiger partial charge in [-0.2, -0.15) is 0 Å². The lowest BCUT2D eigenvalue weighted by molar-refractivity contribution is -0.131. The molecule has 0 heterocycles. The number of rotatable bonds is 6. The first-order valence-corrected chi connectivity index (χ1v) is 7.20. The van der Waals surface area contributed by atoms with Crippen LogP contribution in [-0.4, -0.2) is 17.0 Å². The molecule has 1 aromatic rings. The highest BCUT2D eigenvalue weighted by Gasteiger charge is 2.17. The lowest BCUT2D eigenvalue weighted by Crippen LogP contribution is -2.24. The molecule has 0 bridgehead atoms. The van der Waals surface area contributed by atoms with Crippen molar-refractivity contribution in [2.45, 2.75) is 34.1 Å². The van der Waals surface area contributed by atoms with Crippen LogP contribution in [0.2, 0.25) is 0 Å². The highest BCUT2D eigenvalue weighted by Crippen LogP contribution is 2.21. The van der Waals surface area contributed by atoms with Gasteiger partial charge in [0.15, 0.2) is 0 Å². The molecule has 1 amide bonds. The fourth-order valence-electron chi connectivity index (χ4n) is 1.85. The molecular formula is C17H23NO3. The third-order valence-electron chi connectivity index (χ3n) is 3.60. The summed E-state index contributed by atoms with van der Waals surface area (Å²) in [4.78, 5) is 22.7. The van der Waals surface area contributed by atoms with E-state index in [-0.39, 0.29) is 17.7 Å². The molecule has 0 aliphatic heterocycles. The highest BCUT2D eigenvalue weighted by atomic mass is 16.4. The fourth-order valence-corrected chi connectivity index (χ4v) is 1.85.